The number of hydrogen-bond donors (Lipinski definition) is 1. The van der Waals surface area contributed by atoms with Crippen LogP contribution in [0, 0.1) is 0 Å². The monoisotopic (exact) mass is 231 g/mol. The van der Waals surface area contributed by atoms with E-state index in [0.29, 0.717) is 11.7 Å². The van der Waals surface area contributed by atoms with E-state index in [9.17, 15) is 5.11 Å². The Hall–Kier alpha value is -1.55. The van der Waals surface area contributed by atoms with Gasteiger partial charge in [-0.25, -0.2) is 4.98 Å². The highest BCUT2D eigenvalue weighted by Gasteiger charge is 2.22. The summed E-state index contributed by atoms with van der Waals surface area (Å²) in [5, 5.41) is 9.76. The summed E-state index contributed by atoms with van der Waals surface area (Å²) in [7, 11) is 2.15. The quantitative estimate of drug-likeness (QED) is 0.814. The summed E-state index contributed by atoms with van der Waals surface area (Å²) >= 11 is 0. The van der Waals surface area contributed by atoms with Gasteiger partial charge in [-0.2, -0.15) is 0 Å². The number of imidazole rings is 1. The van der Waals surface area contributed by atoms with Gasteiger partial charge in [0, 0.05) is 18.7 Å². The molecule has 1 fully saturated rings. The van der Waals surface area contributed by atoms with E-state index in [4.69, 9.17) is 0 Å². The lowest BCUT2D eigenvalue weighted by Gasteiger charge is -2.28. The van der Waals surface area contributed by atoms with E-state index in [1.807, 2.05) is 16.7 Å². The minimum Gasteiger partial charge on any atom is -0.506 e. The first-order chi connectivity index (χ1) is 8.25. The van der Waals surface area contributed by atoms with Gasteiger partial charge in [-0.3, -0.25) is 0 Å². The summed E-state index contributed by atoms with van der Waals surface area (Å²) in [5.74, 6) is 1.84. The van der Waals surface area contributed by atoms with E-state index < -0.39 is 0 Å². The number of aromatic hydroxyl groups is 1. The Bertz CT molecular complexity index is 534. The lowest BCUT2D eigenvalue weighted by atomic mass is 9.98. The summed E-state index contributed by atoms with van der Waals surface area (Å²) in [6.45, 7) is 2.22. The molecule has 1 unspecified atom stereocenters. The van der Waals surface area contributed by atoms with E-state index in [0.717, 1.165) is 17.9 Å². The van der Waals surface area contributed by atoms with Gasteiger partial charge < -0.3 is 14.4 Å². The molecular weight excluding hydrogens is 214 g/mol. The topological polar surface area (TPSA) is 40.8 Å². The maximum Gasteiger partial charge on any atom is 0.141 e. The van der Waals surface area contributed by atoms with E-state index >= 15 is 0 Å². The molecule has 0 saturated carbocycles. The Kier molecular flexibility index (Phi) is 2.52. The van der Waals surface area contributed by atoms with Crippen LogP contribution in [0.1, 0.15) is 24.6 Å². The van der Waals surface area contributed by atoms with Crippen LogP contribution in [0.15, 0.2) is 24.5 Å². The maximum atomic E-state index is 9.76. The molecule has 1 aliphatic rings. The molecule has 1 N–H and O–H groups in total. The van der Waals surface area contributed by atoms with Crippen molar-refractivity contribution in [2.75, 3.05) is 20.1 Å². The van der Waals surface area contributed by atoms with Gasteiger partial charge in [0.15, 0.2) is 0 Å². The molecule has 3 rings (SSSR count). The van der Waals surface area contributed by atoms with E-state index in [1.165, 1.54) is 19.4 Å². The lowest BCUT2D eigenvalue weighted by molar-refractivity contribution is 0.245. The summed E-state index contributed by atoms with van der Waals surface area (Å²) in [5.41, 5.74) is 0.802. The van der Waals surface area contributed by atoms with Crippen LogP contribution in [0.5, 0.6) is 5.75 Å². The van der Waals surface area contributed by atoms with E-state index in [2.05, 4.69) is 16.9 Å². The van der Waals surface area contributed by atoms with Crippen molar-refractivity contribution in [3.05, 3.63) is 30.4 Å². The highest BCUT2D eigenvalue weighted by molar-refractivity contribution is 5.58. The van der Waals surface area contributed by atoms with Crippen molar-refractivity contribution in [1.29, 1.82) is 0 Å². The average molecular weight is 231 g/mol. The maximum absolute atomic E-state index is 9.76. The summed E-state index contributed by atoms with van der Waals surface area (Å²) < 4.78 is 2.01. The lowest BCUT2D eigenvalue weighted by Crippen LogP contribution is -2.31. The van der Waals surface area contributed by atoms with Crippen LogP contribution < -0.4 is 0 Å². The zero-order valence-electron chi connectivity index (χ0n) is 10.0. The molecule has 0 bridgehead atoms. The second kappa shape index (κ2) is 4.04. The van der Waals surface area contributed by atoms with Gasteiger partial charge in [0.2, 0.25) is 0 Å². The number of piperidine rings is 1. The van der Waals surface area contributed by atoms with Crippen molar-refractivity contribution in [1.82, 2.24) is 14.3 Å². The zero-order valence-corrected chi connectivity index (χ0v) is 10.0. The first-order valence-corrected chi connectivity index (χ1v) is 6.09. The van der Waals surface area contributed by atoms with E-state index in [1.54, 1.807) is 12.3 Å². The summed E-state index contributed by atoms with van der Waals surface area (Å²) in [4.78, 5) is 6.84. The number of rotatable bonds is 1. The fourth-order valence-corrected chi connectivity index (χ4v) is 2.71. The Morgan fingerprint density at radius 1 is 1.47 bits per heavy atom. The molecule has 2 aromatic heterocycles. The third kappa shape index (κ3) is 1.78. The van der Waals surface area contributed by atoms with Crippen LogP contribution in [-0.4, -0.2) is 39.5 Å². The third-order valence-electron chi connectivity index (χ3n) is 3.57. The molecule has 2 aromatic rings. The van der Waals surface area contributed by atoms with Crippen molar-refractivity contribution >= 4 is 5.52 Å². The number of likely N-dealkylation sites (tertiary alicyclic amines) is 1. The fraction of sp³-hybridized carbons (Fsp3) is 0.462. The second-order valence-corrected chi connectivity index (χ2v) is 4.87. The molecule has 90 valence electrons. The van der Waals surface area contributed by atoms with Gasteiger partial charge in [0.1, 0.15) is 17.1 Å². The van der Waals surface area contributed by atoms with Gasteiger partial charge in [-0.05, 0) is 38.6 Å². The standard InChI is InChI=1S/C13H17N3O/c1-15-6-2-4-10(9-15)13-14-8-11-12(17)5-3-7-16(11)13/h3,5,7-8,10,17H,2,4,6,9H2,1H3. The molecule has 1 saturated heterocycles. The van der Waals surface area contributed by atoms with Crippen molar-refractivity contribution in [2.24, 2.45) is 0 Å². The molecule has 3 heterocycles. The van der Waals surface area contributed by atoms with Crippen molar-refractivity contribution in [3.8, 4) is 5.75 Å². The van der Waals surface area contributed by atoms with Gasteiger partial charge in [-0.1, -0.05) is 0 Å². The molecule has 0 aromatic carbocycles. The smallest absolute Gasteiger partial charge is 0.141 e. The summed E-state index contributed by atoms with van der Waals surface area (Å²) in [6.07, 6.45) is 6.14. The largest absolute Gasteiger partial charge is 0.506 e. The first kappa shape index (κ1) is 10.6. The predicted molar refractivity (Wildman–Crippen MR) is 66.3 cm³/mol. The van der Waals surface area contributed by atoms with Crippen LogP contribution in [0.3, 0.4) is 0 Å². The van der Waals surface area contributed by atoms with Gasteiger partial charge in [0.25, 0.3) is 0 Å². The Balaban J connectivity index is 2.02. The molecule has 17 heavy (non-hydrogen) atoms. The van der Waals surface area contributed by atoms with Crippen LogP contribution in [0.4, 0.5) is 0 Å². The fourth-order valence-electron chi connectivity index (χ4n) is 2.71. The van der Waals surface area contributed by atoms with Crippen LogP contribution >= 0.6 is 0 Å². The molecule has 1 atom stereocenters. The number of aromatic nitrogens is 2. The molecule has 0 aliphatic carbocycles. The molecule has 0 radical (unpaired) electrons. The normalized spacial score (nSPS) is 22.1. The average Bonchev–Trinajstić information content (AvgIpc) is 2.74. The molecule has 0 amide bonds. The van der Waals surface area contributed by atoms with Crippen molar-refractivity contribution < 1.29 is 5.11 Å². The minimum atomic E-state index is 0.301. The second-order valence-electron chi connectivity index (χ2n) is 4.87. The Labute approximate surface area is 101 Å². The first-order valence-electron chi connectivity index (χ1n) is 6.09. The molecule has 0 spiro atoms. The molecule has 4 heteroatoms. The molecular formula is C13H17N3O. The van der Waals surface area contributed by atoms with E-state index in [-0.39, 0.29) is 0 Å². The molecule has 1 aliphatic heterocycles. The molecule has 4 nitrogen and oxygen atoms in total. The zero-order chi connectivity index (χ0) is 11.8. The van der Waals surface area contributed by atoms with Crippen LogP contribution in [0.2, 0.25) is 0 Å². The van der Waals surface area contributed by atoms with Crippen molar-refractivity contribution in [2.45, 2.75) is 18.8 Å². The number of nitrogens with zero attached hydrogens (tertiary/aromatic N) is 3. The van der Waals surface area contributed by atoms with Crippen molar-refractivity contribution in [3.63, 3.8) is 0 Å². The van der Waals surface area contributed by atoms with Gasteiger partial charge >= 0.3 is 0 Å². The number of pyridine rings is 1. The van der Waals surface area contributed by atoms with Gasteiger partial charge in [0.05, 0.1) is 6.20 Å². The van der Waals surface area contributed by atoms with Crippen LogP contribution in [-0.2, 0) is 0 Å². The minimum absolute atomic E-state index is 0.301. The number of likely N-dealkylation sites (N-methyl/N-ethyl adjacent to an activating group) is 1. The Morgan fingerprint density at radius 3 is 3.18 bits per heavy atom. The van der Waals surface area contributed by atoms with Crippen LogP contribution in [0.25, 0.3) is 5.52 Å². The Morgan fingerprint density at radius 2 is 2.35 bits per heavy atom. The number of fused-ring (bicyclic) bond motifs is 1. The third-order valence-corrected chi connectivity index (χ3v) is 3.57. The summed E-state index contributed by atoms with van der Waals surface area (Å²) in [6, 6.07) is 3.56. The SMILES string of the molecule is CN1CCCC(c2ncc3c(O)cccn23)C1. The van der Waals surface area contributed by atoms with Gasteiger partial charge in [-0.15, -0.1) is 0 Å². The number of hydrogen-bond acceptors (Lipinski definition) is 3. The highest BCUT2D eigenvalue weighted by atomic mass is 16.3. The predicted octanol–water partition coefficient (Wildman–Crippen LogP) is 1.85. The highest BCUT2D eigenvalue weighted by Crippen LogP contribution is 2.28.